The van der Waals surface area contributed by atoms with Crippen LogP contribution in [0.25, 0.3) is 33.5 Å². The Balaban J connectivity index is 0.000000154. The average molecular weight is 1310 g/mol. The van der Waals surface area contributed by atoms with E-state index < -0.39 is 37.3 Å². The predicted molar refractivity (Wildman–Crippen MR) is 337 cm³/mol. The first-order chi connectivity index (χ1) is 44.4. The second kappa shape index (κ2) is 29.5. The molecule has 456 valence electrons. The van der Waals surface area contributed by atoms with Crippen molar-refractivity contribution in [3.8, 4) is 0 Å². The Labute approximate surface area is 534 Å². The SMILES string of the molecule is [2H]C1(C)CN(CCn2cnc3nc(NCc4ccc(Cl)c(Cl)c4)[nH]c(=O)c32)CCO1.[2H]C1([2H])CN(CCn2cnc3nc(NCc4ccc(Cl)c(Cl)c4)[nH]c(=O)c32)CC([2H])(C)O1.[2H]C1([2H])OCCN(CCn2cnc3nc(NCc4ccc(Cl)c(Cl)c4)[nH]c(=O)c32)C1([2H])[2H]. The zero-order chi connectivity index (χ0) is 67.5. The van der Waals surface area contributed by atoms with E-state index in [0.29, 0.717) is 117 Å². The highest BCUT2D eigenvalue weighted by atomic mass is 35.5. The summed E-state index contributed by atoms with van der Waals surface area (Å²) in [5, 5.41) is 11.9. The van der Waals surface area contributed by atoms with E-state index in [0.717, 1.165) is 23.2 Å². The number of aromatic amines is 3. The van der Waals surface area contributed by atoms with E-state index in [1.165, 1.54) is 24.5 Å². The van der Waals surface area contributed by atoms with Crippen molar-refractivity contribution < 1.29 is 25.2 Å². The van der Waals surface area contributed by atoms with Crippen molar-refractivity contribution in [2.24, 2.45) is 0 Å². The molecule has 24 nitrogen and oxygen atoms in total. The molecule has 0 spiro atoms. The summed E-state index contributed by atoms with van der Waals surface area (Å²) in [6.45, 7) is 2.76. The molecule has 9 aromatic rings. The third-order valence-electron chi connectivity index (χ3n) is 13.6. The molecule has 9 heterocycles. The molecule has 3 saturated heterocycles. The fourth-order valence-corrected chi connectivity index (χ4v) is 10.2. The minimum atomic E-state index is -2.42. The van der Waals surface area contributed by atoms with Crippen LogP contribution in [0, 0.1) is 0 Å². The third kappa shape index (κ3) is 16.6. The molecule has 12 rings (SSSR count). The van der Waals surface area contributed by atoms with E-state index >= 15 is 0 Å². The van der Waals surface area contributed by atoms with E-state index in [1.807, 2.05) is 12.1 Å². The number of hydrogen-bond donors (Lipinski definition) is 6. The van der Waals surface area contributed by atoms with Crippen molar-refractivity contribution in [3.63, 3.8) is 0 Å². The van der Waals surface area contributed by atoms with Crippen LogP contribution in [-0.4, -0.2) is 171 Å². The first-order valence-corrected chi connectivity index (χ1v) is 29.2. The Hall–Kier alpha value is -6.39. The predicted octanol–water partition coefficient (Wildman–Crippen LogP) is 7.89. The van der Waals surface area contributed by atoms with Crippen LogP contribution in [-0.2, 0) is 53.5 Å². The molecular formula is C56H64Cl6N18O6. The summed E-state index contributed by atoms with van der Waals surface area (Å²) in [6, 6.07) is 15.8. The highest BCUT2D eigenvalue weighted by Gasteiger charge is 2.21. The lowest BCUT2D eigenvalue weighted by Gasteiger charge is -2.31. The largest absolute Gasteiger partial charge is 0.379 e. The molecule has 30 heteroatoms. The topological polar surface area (TPSA) is 264 Å². The Bertz CT molecular complexity index is 4370. The van der Waals surface area contributed by atoms with Crippen LogP contribution < -0.4 is 32.6 Å². The Morgan fingerprint density at radius 1 is 0.512 bits per heavy atom. The number of aromatic nitrogens is 12. The fraction of sp³-hybridized carbons (Fsp3) is 0.411. The average Bonchev–Trinajstić information content (AvgIpc) is 1.28. The van der Waals surface area contributed by atoms with Crippen molar-refractivity contribution in [1.29, 1.82) is 0 Å². The van der Waals surface area contributed by atoms with Gasteiger partial charge in [0.2, 0.25) is 17.8 Å². The zero-order valence-electron chi connectivity index (χ0n) is 54.3. The monoisotopic (exact) mass is 1300 g/mol. The molecule has 3 aliphatic rings. The number of ether oxygens (including phenoxy) is 3. The smallest absolute Gasteiger partial charge is 0.278 e. The molecule has 2 atom stereocenters. The van der Waals surface area contributed by atoms with Crippen molar-refractivity contribution >= 4 is 121 Å². The number of halogens is 6. The van der Waals surface area contributed by atoms with Gasteiger partial charge in [0.25, 0.3) is 16.7 Å². The van der Waals surface area contributed by atoms with Gasteiger partial charge in [-0.2, -0.15) is 15.0 Å². The van der Waals surface area contributed by atoms with Crippen LogP contribution in [0.1, 0.15) is 41.5 Å². The van der Waals surface area contributed by atoms with Gasteiger partial charge >= 0.3 is 0 Å². The van der Waals surface area contributed by atoms with Crippen LogP contribution in [0.2, 0.25) is 30.1 Å². The van der Waals surface area contributed by atoms with Gasteiger partial charge in [-0.3, -0.25) is 44.0 Å². The number of benzene rings is 3. The van der Waals surface area contributed by atoms with Crippen LogP contribution in [0.4, 0.5) is 17.8 Å². The number of rotatable bonds is 18. The molecule has 0 aliphatic carbocycles. The second-order valence-electron chi connectivity index (χ2n) is 19.9. The van der Waals surface area contributed by atoms with Gasteiger partial charge in [-0.05, 0) is 66.9 Å². The molecule has 0 saturated carbocycles. The minimum Gasteiger partial charge on any atom is -0.379 e. The maximum absolute atomic E-state index is 12.7. The number of morpholine rings is 3. The molecular weight excluding hydrogens is 1230 g/mol. The highest BCUT2D eigenvalue weighted by Crippen LogP contribution is 2.26. The maximum atomic E-state index is 12.7. The van der Waals surface area contributed by atoms with Gasteiger partial charge < -0.3 is 43.9 Å². The van der Waals surface area contributed by atoms with E-state index in [4.69, 9.17) is 94.8 Å². The number of imidazole rings is 3. The summed E-state index contributed by atoms with van der Waals surface area (Å²) in [7, 11) is 0. The molecule has 3 aliphatic heterocycles. The quantitative estimate of drug-likeness (QED) is 0.0477. The van der Waals surface area contributed by atoms with Crippen LogP contribution in [0.15, 0.2) is 88.0 Å². The van der Waals surface area contributed by atoms with Crippen molar-refractivity contribution in [2.45, 2.75) is 65.3 Å². The van der Waals surface area contributed by atoms with Crippen molar-refractivity contribution in [2.75, 3.05) is 101 Å². The molecule has 0 bridgehead atoms. The molecule has 6 N–H and O–H groups in total. The number of fused-ring (bicyclic) bond motifs is 3. The van der Waals surface area contributed by atoms with Crippen LogP contribution >= 0.6 is 69.6 Å². The minimum absolute atomic E-state index is 0.0471. The van der Waals surface area contributed by atoms with Gasteiger partial charge in [0, 0.05) is 101 Å². The second-order valence-corrected chi connectivity index (χ2v) is 22.4. The Morgan fingerprint density at radius 3 is 1.29 bits per heavy atom. The number of nitrogens with one attached hydrogen (secondary N) is 6. The lowest BCUT2D eigenvalue weighted by atomic mass is 10.2. The van der Waals surface area contributed by atoms with E-state index in [1.54, 1.807) is 74.3 Å². The Kier molecular flexibility index (Phi) is 18.1. The third-order valence-corrected chi connectivity index (χ3v) is 15.8. The summed E-state index contributed by atoms with van der Waals surface area (Å²) < 4.78 is 84.0. The molecule has 6 aromatic heterocycles. The molecule has 0 radical (unpaired) electrons. The fourth-order valence-electron chi connectivity index (χ4n) is 9.27. The normalized spacial score (nSPS) is 21.7. The van der Waals surface area contributed by atoms with E-state index in [9.17, 15) is 14.4 Å². The summed E-state index contributed by atoms with van der Waals surface area (Å²) >= 11 is 35.9. The van der Waals surface area contributed by atoms with E-state index in [-0.39, 0.29) is 73.5 Å². The zero-order valence-corrected chi connectivity index (χ0v) is 50.9. The van der Waals surface area contributed by atoms with Gasteiger partial charge in [-0.15, -0.1) is 0 Å². The van der Waals surface area contributed by atoms with Crippen LogP contribution in [0.3, 0.4) is 0 Å². The number of H-pyrrole nitrogens is 3. The maximum Gasteiger partial charge on any atom is 0.278 e. The molecule has 3 aromatic carbocycles. The summed E-state index contributed by atoms with van der Waals surface area (Å²) in [4.78, 5) is 77.3. The standard InChI is InChI=1S/2C19H22Cl2N6O2.C18H20Cl2N6O2/c2*1-12-10-26(6-7-29-12)4-5-27-11-23-17-16(27)18(28)25-19(24-17)22-9-13-2-3-14(20)15(21)8-13;19-13-2-1-12(9-14(13)20)10-21-18-23-16-15(17(27)24-18)26(11-22-16)4-3-25-5-7-28-8-6-25/h2*2-3,8,11-12H,4-7,9-10H2,1H3,(H2,22,24,25,28);1-2,9,11H,3-8,10H2,(H2,21,23,24,27)/i7D2,12D;12D;5D2,7D2. The van der Waals surface area contributed by atoms with Gasteiger partial charge in [0.05, 0.1) is 95.8 Å². The molecule has 0 amide bonds. The van der Waals surface area contributed by atoms with E-state index in [2.05, 4.69) is 65.7 Å². The summed E-state index contributed by atoms with van der Waals surface area (Å²) in [6.07, 6.45) is 2.37. The first kappa shape index (κ1) is 52.7. The lowest BCUT2D eigenvalue weighted by molar-refractivity contribution is -0.0191. The molecule has 3 fully saturated rings. The van der Waals surface area contributed by atoms with Gasteiger partial charge in [0.1, 0.15) is 0 Å². The number of hydrogen-bond acceptors (Lipinski definition) is 18. The van der Waals surface area contributed by atoms with Crippen molar-refractivity contribution in [3.05, 3.63) is 151 Å². The summed E-state index contributed by atoms with van der Waals surface area (Å²) in [5.41, 5.74) is 3.56. The lowest BCUT2D eigenvalue weighted by Crippen LogP contribution is -2.42. The Morgan fingerprint density at radius 2 is 0.895 bits per heavy atom. The number of anilines is 3. The summed E-state index contributed by atoms with van der Waals surface area (Å²) in [5.74, 6) is 0.865. The van der Waals surface area contributed by atoms with Gasteiger partial charge in [-0.1, -0.05) is 87.8 Å². The van der Waals surface area contributed by atoms with Crippen molar-refractivity contribution in [1.82, 2.24) is 73.3 Å². The molecule has 2 unspecified atom stereocenters. The van der Waals surface area contributed by atoms with Gasteiger partial charge in [-0.25, -0.2) is 15.0 Å². The van der Waals surface area contributed by atoms with Crippen LogP contribution in [0.5, 0.6) is 0 Å². The van der Waals surface area contributed by atoms with Gasteiger partial charge in [0.15, 0.2) is 33.5 Å². The first-order valence-electron chi connectivity index (χ1n) is 31.0. The highest BCUT2D eigenvalue weighted by molar-refractivity contribution is 6.43. The molecule has 86 heavy (non-hydrogen) atoms. The number of nitrogens with zero attached hydrogens (tertiary/aromatic N) is 12.